The molecule has 0 unspecified atom stereocenters. The van der Waals surface area contributed by atoms with Crippen molar-refractivity contribution >= 4 is 33.8 Å². The molecule has 11 heteroatoms. The van der Waals surface area contributed by atoms with E-state index < -0.39 is 29.5 Å². The van der Waals surface area contributed by atoms with Crippen molar-refractivity contribution in [2.75, 3.05) is 5.32 Å². The van der Waals surface area contributed by atoms with Gasteiger partial charge in [0.1, 0.15) is 5.69 Å². The number of nitrogens with zero attached hydrogens (tertiary/aromatic N) is 5. The van der Waals surface area contributed by atoms with Crippen molar-refractivity contribution < 1.29 is 18.0 Å². The van der Waals surface area contributed by atoms with Gasteiger partial charge in [0.15, 0.2) is 0 Å². The summed E-state index contributed by atoms with van der Waals surface area (Å²) in [7, 11) is 1.69. The van der Waals surface area contributed by atoms with Gasteiger partial charge in [-0.15, -0.1) is 0 Å². The average molecular weight is 468 g/mol. The number of aromatic nitrogens is 4. The van der Waals surface area contributed by atoms with E-state index in [0.717, 1.165) is 18.2 Å². The predicted molar refractivity (Wildman–Crippen MR) is 119 cm³/mol. The molecule has 1 amide bonds. The molecule has 2 aromatic carbocycles. The highest BCUT2D eigenvalue weighted by molar-refractivity contribution is 5.93. The first-order valence-corrected chi connectivity index (χ1v) is 10.3. The van der Waals surface area contributed by atoms with E-state index in [1.807, 2.05) is 6.07 Å². The molecule has 0 bridgehead atoms. The van der Waals surface area contributed by atoms with E-state index in [1.165, 1.54) is 4.68 Å². The van der Waals surface area contributed by atoms with Crippen LogP contribution >= 0.6 is 0 Å². The lowest BCUT2D eigenvalue weighted by Gasteiger charge is -2.16. The van der Waals surface area contributed by atoms with E-state index in [9.17, 15) is 22.8 Å². The van der Waals surface area contributed by atoms with Crippen LogP contribution in [-0.2, 0) is 24.4 Å². The fraction of sp³-hybridized carbons (Fsp3) is 0.261. The number of carbonyl (C=O) groups excluding carboxylic acids is 1. The number of anilines is 1. The molecule has 4 aromatic rings. The third-order valence-electron chi connectivity index (χ3n) is 5.39. The summed E-state index contributed by atoms with van der Waals surface area (Å²) in [6.07, 6.45) is -4.96. The molecule has 0 spiro atoms. The van der Waals surface area contributed by atoms with Crippen molar-refractivity contribution in [1.82, 2.24) is 19.3 Å². The number of carbonyl (C=O) groups is 1. The van der Waals surface area contributed by atoms with Gasteiger partial charge in [-0.05, 0) is 50.2 Å². The second-order valence-electron chi connectivity index (χ2n) is 8.08. The normalized spacial score (nSPS) is 11.8. The number of fused-ring (bicyclic) bond motifs is 2. The Morgan fingerprint density at radius 2 is 1.91 bits per heavy atom. The Balaban J connectivity index is 1.69. The van der Waals surface area contributed by atoms with Crippen molar-refractivity contribution in [2.45, 2.75) is 32.5 Å². The smallest absolute Gasteiger partial charge is 0.313 e. The molecule has 174 valence electrons. The molecule has 0 atom stereocenters. The topological polar surface area (TPSA) is 106 Å². The summed E-state index contributed by atoms with van der Waals surface area (Å²) in [5.74, 6) is -0.347. The van der Waals surface area contributed by atoms with E-state index in [4.69, 9.17) is 5.26 Å². The van der Waals surface area contributed by atoms with Crippen LogP contribution < -0.4 is 10.7 Å². The van der Waals surface area contributed by atoms with E-state index in [2.05, 4.69) is 15.4 Å². The van der Waals surface area contributed by atoms with E-state index >= 15 is 0 Å². The first-order valence-electron chi connectivity index (χ1n) is 10.3. The number of benzene rings is 2. The van der Waals surface area contributed by atoms with Crippen LogP contribution in [0.2, 0.25) is 0 Å². The number of aryl methyl sites for hydroxylation is 1. The van der Waals surface area contributed by atoms with Gasteiger partial charge in [0.2, 0.25) is 17.3 Å². The highest BCUT2D eigenvalue weighted by Gasteiger charge is 2.31. The Bertz CT molecular complexity index is 1540. The minimum absolute atomic E-state index is 0.0441. The lowest BCUT2D eigenvalue weighted by atomic mass is 10.1. The highest BCUT2D eigenvalue weighted by atomic mass is 19.4. The Hall–Kier alpha value is -4.20. The minimum atomic E-state index is -4.57. The number of hydrogen-bond donors (Lipinski definition) is 1. The maximum atomic E-state index is 13.2. The third kappa shape index (κ3) is 4.10. The number of rotatable bonds is 4. The highest BCUT2D eigenvalue weighted by Crippen LogP contribution is 2.31. The number of alkyl halides is 3. The average Bonchev–Trinajstić information content (AvgIpc) is 3.08. The van der Waals surface area contributed by atoms with Gasteiger partial charge in [-0.2, -0.15) is 23.5 Å². The van der Waals surface area contributed by atoms with E-state index in [-0.39, 0.29) is 28.6 Å². The summed E-state index contributed by atoms with van der Waals surface area (Å²) >= 11 is 0. The molecule has 1 N–H and O–H groups in total. The van der Waals surface area contributed by atoms with Crippen LogP contribution in [0.25, 0.3) is 21.9 Å². The Morgan fingerprint density at radius 1 is 1.18 bits per heavy atom. The molecule has 34 heavy (non-hydrogen) atoms. The summed E-state index contributed by atoms with van der Waals surface area (Å²) in [6, 6.07) is 9.44. The van der Waals surface area contributed by atoms with Gasteiger partial charge >= 0.3 is 6.18 Å². The number of nitriles is 1. The molecule has 4 rings (SSSR count). The van der Waals surface area contributed by atoms with Crippen LogP contribution in [0.1, 0.15) is 36.7 Å². The molecule has 0 aliphatic rings. The summed E-state index contributed by atoms with van der Waals surface area (Å²) in [4.78, 5) is 30.0. The number of halogens is 3. The Kier molecular flexibility index (Phi) is 5.61. The standard InChI is InChI=1S/C23H19F3N6O2/c1-12(2)32-19-9-14(23(24,25)26)5-6-15(19)21(34)17(30-32)10-20(33)29-22-28-16-8-13(11-27)4-7-18(16)31(22)3/h4-9,12H,10H2,1-3H3,(H,28,29,33). The third-order valence-corrected chi connectivity index (χ3v) is 5.39. The van der Waals surface area contributed by atoms with Crippen molar-refractivity contribution in [1.29, 1.82) is 5.26 Å². The van der Waals surface area contributed by atoms with Crippen molar-refractivity contribution in [3.05, 3.63) is 63.4 Å². The van der Waals surface area contributed by atoms with Gasteiger partial charge in [0, 0.05) is 18.5 Å². The monoisotopic (exact) mass is 468 g/mol. The molecule has 8 nitrogen and oxygen atoms in total. The maximum absolute atomic E-state index is 13.2. The predicted octanol–water partition coefficient (Wildman–Crippen LogP) is 3.94. The van der Waals surface area contributed by atoms with Gasteiger partial charge in [-0.25, -0.2) is 4.98 Å². The van der Waals surface area contributed by atoms with Crippen molar-refractivity contribution in [2.24, 2.45) is 7.05 Å². The van der Waals surface area contributed by atoms with E-state index in [1.54, 1.807) is 43.7 Å². The molecule has 0 fully saturated rings. The quantitative estimate of drug-likeness (QED) is 0.489. The van der Waals surface area contributed by atoms with Gasteiger partial charge < -0.3 is 4.57 Å². The van der Waals surface area contributed by atoms with Crippen LogP contribution in [0, 0.1) is 11.3 Å². The largest absolute Gasteiger partial charge is 0.416 e. The lowest BCUT2D eigenvalue weighted by molar-refractivity contribution is -0.137. The van der Waals surface area contributed by atoms with Gasteiger partial charge in [0.05, 0.1) is 40.2 Å². The number of imidazole rings is 1. The number of hydrogen-bond acceptors (Lipinski definition) is 5. The Morgan fingerprint density at radius 3 is 2.56 bits per heavy atom. The molecular formula is C23H19F3N6O2. The molecule has 0 saturated carbocycles. The van der Waals surface area contributed by atoms with Crippen molar-refractivity contribution in [3.63, 3.8) is 0 Å². The van der Waals surface area contributed by atoms with Crippen LogP contribution in [0.15, 0.2) is 41.2 Å². The summed E-state index contributed by atoms with van der Waals surface area (Å²) in [5.41, 5.74) is 0.0874. The SMILES string of the molecule is CC(C)n1nc(CC(=O)Nc2nc3cc(C#N)ccc3n2C)c(=O)c2ccc(C(F)(F)F)cc21. The molecular weight excluding hydrogens is 449 g/mol. The summed E-state index contributed by atoms with van der Waals surface area (Å²) in [6.45, 7) is 3.44. The zero-order valence-electron chi connectivity index (χ0n) is 18.4. The zero-order chi connectivity index (χ0) is 24.8. The number of nitrogens with one attached hydrogen (secondary N) is 1. The van der Waals surface area contributed by atoms with Crippen LogP contribution in [0.5, 0.6) is 0 Å². The second kappa shape index (κ2) is 8.30. The fourth-order valence-corrected chi connectivity index (χ4v) is 3.69. The lowest BCUT2D eigenvalue weighted by Crippen LogP contribution is -2.26. The second-order valence-corrected chi connectivity index (χ2v) is 8.08. The maximum Gasteiger partial charge on any atom is 0.416 e. The first kappa shape index (κ1) is 23.0. The van der Waals surface area contributed by atoms with Crippen LogP contribution in [0.4, 0.5) is 19.1 Å². The summed E-state index contributed by atoms with van der Waals surface area (Å²) in [5, 5.41) is 15.9. The molecule has 2 aromatic heterocycles. The van der Waals surface area contributed by atoms with Crippen LogP contribution in [-0.4, -0.2) is 25.2 Å². The molecule has 0 aliphatic carbocycles. The fourth-order valence-electron chi connectivity index (χ4n) is 3.69. The van der Waals surface area contributed by atoms with E-state index in [0.29, 0.717) is 16.6 Å². The molecule has 0 saturated heterocycles. The van der Waals surface area contributed by atoms with Gasteiger partial charge in [-0.1, -0.05) is 0 Å². The van der Waals surface area contributed by atoms with Gasteiger partial charge in [0.25, 0.3) is 0 Å². The molecule has 2 heterocycles. The van der Waals surface area contributed by atoms with Gasteiger partial charge in [-0.3, -0.25) is 19.6 Å². The Labute approximate surface area is 191 Å². The minimum Gasteiger partial charge on any atom is -0.313 e. The zero-order valence-corrected chi connectivity index (χ0v) is 18.4. The molecule has 0 aliphatic heterocycles. The van der Waals surface area contributed by atoms with Crippen LogP contribution in [0.3, 0.4) is 0 Å². The summed E-state index contributed by atoms with van der Waals surface area (Å²) < 4.78 is 42.5. The first-order chi connectivity index (χ1) is 16.0. The van der Waals surface area contributed by atoms with Crippen molar-refractivity contribution in [3.8, 4) is 6.07 Å². The number of amides is 1. The molecule has 0 radical (unpaired) electrons.